The Morgan fingerprint density at radius 1 is 0.700 bits per heavy atom. The first-order chi connectivity index (χ1) is 14.6. The second-order valence-electron chi connectivity index (χ2n) is 7.48. The van der Waals surface area contributed by atoms with Crippen molar-refractivity contribution in [3.05, 3.63) is 96.2 Å². The molecule has 3 heterocycles. The van der Waals surface area contributed by atoms with E-state index in [4.69, 9.17) is 4.98 Å². The van der Waals surface area contributed by atoms with Gasteiger partial charge in [0, 0.05) is 29.0 Å². The van der Waals surface area contributed by atoms with E-state index in [1.54, 1.807) is 30.5 Å². The fourth-order valence-electron chi connectivity index (χ4n) is 4.33. The van der Waals surface area contributed by atoms with Crippen LogP contribution in [0.15, 0.2) is 94.9 Å². The van der Waals surface area contributed by atoms with Gasteiger partial charge >= 0.3 is 0 Å². The second kappa shape index (κ2) is 6.21. The average molecular weight is 408 g/mol. The Morgan fingerprint density at radius 2 is 1.47 bits per heavy atom. The van der Waals surface area contributed by atoms with Crippen LogP contribution >= 0.6 is 0 Å². The summed E-state index contributed by atoms with van der Waals surface area (Å²) in [5.41, 5.74) is 4.90. The van der Waals surface area contributed by atoms with Crippen molar-refractivity contribution in [2.75, 3.05) is 0 Å². The van der Waals surface area contributed by atoms with Crippen LogP contribution in [0.5, 0.6) is 0 Å². The summed E-state index contributed by atoms with van der Waals surface area (Å²) in [7, 11) is -3.55. The molecule has 0 unspecified atom stereocenters. The van der Waals surface area contributed by atoms with Gasteiger partial charge in [0.1, 0.15) is 0 Å². The monoisotopic (exact) mass is 408 g/mol. The second-order valence-corrected chi connectivity index (χ2v) is 9.37. The molecule has 0 saturated heterocycles. The first-order valence-corrected chi connectivity index (χ1v) is 11.2. The molecule has 0 aliphatic carbocycles. The molecule has 144 valence electrons. The first kappa shape index (κ1) is 17.3. The van der Waals surface area contributed by atoms with Gasteiger partial charge in [0.15, 0.2) is 0 Å². The normalized spacial score (nSPS) is 14.4. The summed E-state index contributed by atoms with van der Waals surface area (Å²) in [5, 5.41) is 2.04. The molecule has 2 aromatic heterocycles. The number of benzene rings is 3. The van der Waals surface area contributed by atoms with E-state index in [1.807, 2.05) is 54.6 Å². The Kier molecular flexibility index (Phi) is 3.58. The van der Waals surface area contributed by atoms with Crippen LogP contribution in [0.25, 0.3) is 33.1 Å². The molecule has 0 amide bonds. The standard InChI is InChI=1S/C25H16N2O2S/c28-30(29)22-8-2-1-5-18(22)15-20-19(7-3-9-23(20)30)21-13-12-17-11-10-16-6-4-14-26-24(16)25(17)27-21/h1-14H,15H2. The largest absolute Gasteiger partial charge is 0.254 e. The highest BCUT2D eigenvalue weighted by molar-refractivity contribution is 7.91. The van der Waals surface area contributed by atoms with E-state index in [9.17, 15) is 8.42 Å². The summed E-state index contributed by atoms with van der Waals surface area (Å²) in [5.74, 6) is 0. The Hall–Kier alpha value is -3.57. The van der Waals surface area contributed by atoms with Crippen LogP contribution in [0.3, 0.4) is 0 Å². The summed E-state index contributed by atoms with van der Waals surface area (Å²) >= 11 is 0. The molecule has 1 aliphatic heterocycles. The van der Waals surface area contributed by atoms with Gasteiger partial charge in [-0.25, -0.2) is 13.4 Å². The number of sulfone groups is 1. The number of aromatic nitrogens is 2. The number of nitrogens with zero attached hydrogens (tertiary/aromatic N) is 2. The Bertz CT molecular complexity index is 1590. The molecular formula is C25H16N2O2S. The van der Waals surface area contributed by atoms with Crippen LogP contribution < -0.4 is 0 Å². The van der Waals surface area contributed by atoms with Crippen LogP contribution in [-0.2, 0) is 16.3 Å². The van der Waals surface area contributed by atoms with Crippen molar-refractivity contribution in [3.8, 4) is 11.3 Å². The topological polar surface area (TPSA) is 59.9 Å². The zero-order valence-corrected chi connectivity index (χ0v) is 16.7. The molecule has 4 nitrogen and oxygen atoms in total. The summed E-state index contributed by atoms with van der Waals surface area (Å²) in [4.78, 5) is 10.2. The highest BCUT2D eigenvalue weighted by Crippen LogP contribution is 2.39. The van der Waals surface area contributed by atoms with Crippen molar-refractivity contribution in [1.29, 1.82) is 0 Å². The maximum atomic E-state index is 13.2. The van der Waals surface area contributed by atoms with E-state index in [0.29, 0.717) is 16.2 Å². The number of pyridine rings is 2. The molecule has 0 radical (unpaired) electrons. The molecule has 5 aromatic rings. The van der Waals surface area contributed by atoms with Crippen LogP contribution in [0.2, 0.25) is 0 Å². The molecule has 0 N–H and O–H groups in total. The highest BCUT2D eigenvalue weighted by atomic mass is 32.2. The molecule has 3 aromatic carbocycles. The van der Waals surface area contributed by atoms with E-state index in [-0.39, 0.29) is 0 Å². The zero-order chi connectivity index (χ0) is 20.3. The van der Waals surface area contributed by atoms with Crippen LogP contribution in [0.4, 0.5) is 0 Å². The van der Waals surface area contributed by atoms with Gasteiger partial charge in [-0.1, -0.05) is 54.6 Å². The predicted molar refractivity (Wildman–Crippen MR) is 117 cm³/mol. The minimum atomic E-state index is -3.55. The van der Waals surface area contributed by atoms with Gasteiger partial charge < -0.3 is 0 Å². The molecule has 0 fully saturated rings. The quantitative estimate of drug-likeness (QED) is 0.352. The van der Waals surface area contributed by atoms with Crippen molar-refractivity contribution < 1.29 is 8.42 Å². The number of fused-ring (bicyclic) bond motifs is 5. The van der Waals surface area contributed by atoms with E-state index in [2.05, 4.69) is 4.98 Å². The number of rotatable bonds is 1. The third-order valence-electron chi connectivity index (χ3n) is 5.76. The SMILES string of the molecule is O=S1(=O)c2ccccc2Cc2c(-c3ccc4ccc5cccnc5c4n3)cccc21. The van der Waals surface area contributed by atoms with Crippen LogP contribution in [-0.4, -0.2) is 18.4 Å². The summed E-state index contributed by atoms with van der Waals surface area (Å²) in [6, 6.07) is 24.7. The average Bonchev–Trinajstić information content (AvgIpc) is 2.78. The third-order valence-corrected chi connectivity index (χ3v) is 7.70. The predicted octanol–water partition coefficient (Wildman–Crippen LogP) is 5.19. The van der Waals surface area contributed by atoms with Crippen molar-refractivity contribution >= 4 is 31.6 Å². The summed E-state index contributed by atoms with van der Waals surface area (Å²) < 4.78 is 26.5. The Balaban J connectivity index is 1.62. The molecule has 5 heteroatoms. The molecule has 0 bridgehead atoms. The minimum absolute atomic E-state index is 0.372. The highest BCUT2D eigenvalue weighted by Gasteiger charge is 2.30. The van der Waals surface area contributed by atoms with Crippen LogP contribution in [0, 0.1) is 0 Å². The first-order valence-electron chi connectivity index (χ1n) is 9.73. The van der Waals surface area contributed by atoms with E-state index in [1.165, 1.54) is 0 Å². The molecule has 0 saturated carbocycles. The van der Waals surface area contributed by atoms with Crippen molar-refractivity contribution in [1.82, 2.24) is 9.97 Å². The number of hydrogen-bond donors (Lipinski definition) is 0. The van der Waals surface area contributed by atoms with Crippen LogP contribution in [0.1, 0.15) is 11.1 Å². The van der Waals surface area contributed by atoms with E-state index in [0.717, 1.165) is 44.2 Å². The lowest BCUT2D eigenvalue weighted by molar-refractivity contribution is 0.592. The van der Waals surface area contributed by atoms with Crippen molar-refractivity contribution in [2.45, 2.75) is 16.2 Å². The van der Waals surface area contributed by atoms with Crippen molar-refractivity contribution in [3.63, 3.8) is 0 Å². The molecule has 6 rings (SSSR count). The van der Waals surface area contributed by atoms with E-state index >= 15 is 0 Å². The molecular weight excluding hydrogens is 392 g/mol. The summed E-state index contributed by atoms with van der Waals surface area (Å²) in [6.45, 7) is 0. The molecule has 1 aliphatic rings. The lowest BCUT2D eigenvalue weighted by Crippen LogP contribution is -2.15. The number of hydrogen-bond acceptors (Lipinski definition) is 4. The lowest BCUT2D eigenvalue weighted by Gasteiger charge is -2.22. The smallest absolute Gasteiger partial charge is 0.207 e. The van der Waals surface area contributed by atoms with Crippen molar-refractivity contribution in [2.24, 2.45) is 0 Å². The molecule has 30 heavy (non-hydrogen) atoms. The molecule has 0 atom stereocenters. The molecule has 0 spiro atoms. The van der Waals surface area contributed by atoms with Gasteiger partial charge in [0.2, 0.25) is 9.84 Å². The Labute approximate surface area is 173 Å². The zero-order valence-electron chi connectivity index (χ0n) is 15.9. The minimum Gasteiger partial charge on any atom is -0.254 e. The van der Waals surface area contributed by atoms with Gasteiger partial charge in [-0.2, -0.15) is 0 Å². The lowest BCUT2D eigenvalue weighted by atomic mass is 9.96. The fourth-order valence-corrected chi connectivity index (χ4v) is 6.08. The summed E-state index contributed by atoms with van der Waals surface area (Å²) in [6.07, 6.45) is 2.33. The third kappa shape index (κ3) is 2.42. The fraction of sp³-hybridized carbons (Fsp3) is 0.0400. The van der Waals surface area contributed by atoms with Gasteiger partial charge in [0.05, 0.1) is 26.5 Å². The van der Waals surface area contributed by atoms with Gasteiger partial charge in [-0.3, -0.25) is 4.98 Å². The maximum absolute atomic E-state index is 13.2. The van der Waals surface area contributed by atoms with E-state index < -0.39 is 9.84 Å². The van der Waals surface area contributed by atoms with Gasteiger partial charge in [-0.05, 0) is 35.4 Å². The maximum Gasteiger partial charge on any atom is 0.207 e. The van der Waals surface area contributed by atoms with Gasteiger partial charge in [0.25, 0.3) is 0 Å². The van der Waals surface area contributed by atoms with Gasteiger partial charge in [-0.15, -0.1) is 0 Å². The Morgan fingerprint density at radius 3 is 2.37 bits per heavy atom.